The van der Waals surface area contributed by atoms with Gasteiger partial charge in [-0.15, -0.1) is 0 Å². The van der Waals surface area contributed by atoms with Crippen molar-refractivity contribution in [2.45, 2.75) is 25.3 Å². The molecule has 0 spiro atoms. The molecule has 2 N–H and O–H groups in total. The van der Waals surface area contributed by atoms with E-state index in [9.17, 15) is 4.79 Å². The third-order valence-corrected chi connectivity index (χ3v) is 2.23. The van der Waals surface area contributed by atoms with Gasteiger partial charge >= 0.3 is 5.97 Å². The predicted molar refractivity (Wildman–Crippen MR) is 42.6 cm³/mol. The smallest absolute Gasteiger partial charge is 0.351 e. The summed E-state index contributed by atoms with van der Waals surface area (Å²) in [5.74, 6) is 0.982. The molecule has 0 unspecified atom stereocenters. The summed E-state index contributed by atoms with van der Waals surface area (Å²) in [7, 11) is 0. The van der Waals surface area contributed by atoms with Gasteiger partial charge in [0, 0.05) is 6.42 Å². The molecule has 2 heterocycles. The van der Waals surface area contributed by atoms with Crippen molar-refractivity contribution < 1.29 is 14.5 Å². The molecule has 4 heteroatoms. The summed E-state index contributed by atoms with van der Waals surface area (Å²) >= 11 is 0. The van der Waals surface area contributed by atoms with Crippen molar-refractivity contribution in [1.29, 1.82) is 0 Å². The minimum absolute atomic E-state index is 0.106. The van der Waals surface area contributed by atoms with Crippen molar-refractivity contribution >= 4 is 11.8 Å². The zero-order valence-electron chi connectivity index (χ0n) is 6.93. The number of nitrogens with one attached hydrogen (secondary N) is 2. The van der Waals surface area contributed by atoms with Crippen LogP contribution in [0.2, 0.25) is 0 Å². The van der Waals surface area contributed by atoms with E-state index in [2.05, 4.69) is 10.3 Å². The molecular formula is C8H13N2O2+. The van der Waals surface area contributed by atoms with Crippen molar-refractivity contribution in [3.05, 3.63) is 0 Å². The van der Waals surface area contributed by atoms with Gasteiger partial charge in [-0.05, 0) is 6.42 Å². The number of hydrogen-bond donors (Lipinski definition) is 2. The van der Waals surface area contributed by atoms with E-state index < -0.39 is 0 Å². The normalized spacial score (nSPS) is 28.5. The highest BCUT2D eigenvalue weighted by Gasteiger charge is 2.31. The number of carbonyl (C=O) groups is 1. The zero-order valence-corrected chi connectivity index (χ0v) is 6.93. The van der Waals surface area contributed by atoms with Gasteiger partial charge in [0.15, 0.2) is 6.04 Å². The van der Waals surface area contributed by atoms with Crippen LogP contribution in [0.1, 0.15) is 19.3 Å². The van der Waals surface area contributed by atoms with Crippen LogP contribution in [0.4, 0.5) is 0 Å². The molecule has 1 atom stereocenters. The van der Waals surface area contributed by atoms with Gasteiger partial charge in [0.1, 0.15) is 0 Å². The van der Waals surface area contributed by atoms with Gasteiger partial charge in [0.05, 0.1) is 19.6 Å². The van der Waals surface area contributed by atoms with Crippen molar-refractivity contribution in [3.8, 4) is 0 Å². The second kappa shape index (κ2) is 3.13. The number of cyclic esters (lactones) is 1. The Bertz CT molecular complexity index is 225. The van der Waals surface area contributed by atoms with Crippen LogP contribution in [0, 0.1) is 0 Å². The molecule has 4 nitrogen and oxygen atoms in total. The quantitative estimate of drug-likeness (QED) is 0.454. The van der Waals surface area contributed by atoms with Crippen LogP contribution in [0.5, 0.6) is 0 Å². The lowest BCUT2D eigenvalue weighted by Gasteiger charge is -2.01. The largest absolute Gasteiger partial charge is 0.462 e. The first kappa shape index (κ1) is 7.58. The van der Waals surface area contributed by atoms with E-state index in [0.29, 0.717) is 6.61 Å². The molecule has 1 fully saturated rings. The number of rotatable bonds is 1. The van der Waals surface area contributed by atoms with Crippen LogP contribution in [-0.4, -0.2) is 31.0 Å². The summed E-state index contributed by atoms with van der Waals surface area (Å²) in [4.78, 5) is 14.2. The Hall–Kier alpha value is -1.06. The van der Waals surface area contributed by atoms with E-state index in [1.807, 2.05) is 0 Å². The Morgan fingerprint density at radius 2 is 2.50 bits per heavy atom. The first-order valence-electron chi connectivity index (χ1n) is 4.39. The van der Waals surface area contributed by atoms with Gasteiger partial charge in [-0.25, -0.2) is 4.79 Å². The molecule has 2 aliphatic heterocycles. The lowest BCUT2D eigenvalue weighted by Crippen LogP contribution is -2.73. The van der Waals surface area contributed by atoms with Crippen LogP contribution in [0.15, 0.2) is 0 Å². The highest BCUT2D eigenvalue weighted by atomic mass is 16.5. The Morgan fingerprint density at radius 1 is 1.58 bits per heavy atom. The monoisotopic (exact) mass is 169 g/mol. The second-order valence-electron chi connectivity index (χ2n) is 3.16. The zero-order chi connectivity index (χ0) is 8.39. The summed E-state index contributed by atoms with van der Waals surface area (Å²) < 4.78 is 4.83. The molecule has 0 aliphatic carbocycles. The fraction of sp³-hybridized carbons (Fsp3) is 0.750. The van der Waals surface area contributed by atoms with Gasteiger partial charge in [-0.1, -0.05) is 0 Å². The molecule has 0 aromatic carbocycles. The number of ether oxygens (including phenoxy) is 1. The number of hydrogen-bond acceptors (Lipinski definition) is 3. The maximum atomic E-state index is 11.0. The summed E-state index contributed by atoms with van der Waals surface area (Å²) in [5, 5.41) is 3.16. The van der Waals surface area contributed by atoms with Gasteiger partial charge < -0.3 is 4.74 Å². The molecule has 1 saturated heterocycles. The van der Waals surface area contributed by atoms with Crippen LogP contribution in [-0.2, 0) is 9.53 Å². The van der Waals surface area contributed by atoms with Gasteiger partial charge in [-0.3, -0.25) is 10.3 Å². The molecule has 0 saturated carbocycles. The molecule has 12 heavy (non-hydrogen) atoms. The number of amidine groups is 1. The minimum Gasteiger partial charge on any atom is -0.462 e. The lowest BCUT2D eigenvalue weighted by molar-refractivity contribution is -0.449. The van der Waals surface area contributed by atoms with Crippen molar-refractivity contribution in [2.24, 2.45) is 0 Å². The summed E-state index contributed by atoms with van der Waals surface area (Å²) in [6, 6.07) is -0.106. The molecule has 0 aromatic heterocycles. The topological polar surface area (TPSA) is 52.3 Å². The first-order valence-corrected chi connectivity index (χ1v) is 4.39. The van der Waals surface area contributed by atoms with Crippen molar-refractivity contribution in [1.82, 2.24) is 5.32 Å². The van der Waals surface area contributed by atoms with E-state index in [-0.39, 0.29) is 12.0 Å². The Balaban J connectivity index is 1.89. The fourth-order valence-electron chi connectivity index (χ4n) is 1.55. The SMILES string of the molecule is O=C1OCC[C@H]1NC1=[NH+]CCC1. The summed E-state index contributed by atoms with van der Waals surface area (Å²) in [6.45, 7) is 1.58. The molecular weight excluding hydrogens is 156 g/mol. The van der Waals surface area contributed by atoms with Gasteiger partial charge in [0.2, 0.25) is 5.84 Å². The predicted octanol–water partition coefficient (Wildman–Crippen LogP) is -1.84. The number of esters is 1. The molecule has 0 aromatic rings. The summed E-state index contributed by atoms with van der Waals surface area (Å²) in [5.41, 5.74) is 0. The van der Waals surface area contributed by atoms with E-state index in [1.54, 1.807) is 0 Å². The minimum atomic E-state index is -0.115. The molecule has 2 aliphatic rings. The highest BCUT2D eigenvalue weighted by molar-refractivity contribution is 5.85. The third-order valence-electron chi connectivity index (χ3n) is 2.23. The van der Waals surface area contributed by atoms with E-state index in [0.717, 1.165) is 31.6 Å². The standard InChI is InChI=1S/C8H12N2O2/c11-8-6(3-5-12-8)10-7-2-1-4-9-7/h6H,1-5H2,(H,9,10)/p+1/t6-/m1/s1. The first-order chi connectivity index (χ1) is 5.86. The Labute approximate surface area is 71.0 Å². The molecule has 0 radical (unpaired) electrons. The number of carbonyl (C=O) groups excluding carboxylic acids is 1. The van der Waals surface area contributed by atoms with Crippen LogP contribution < -0.4 is 10.3 Å². The molecule has 0 amide bonds. The van der Waals surface area contributed by atoms with Crippen LogP contribution in [0.3, 0.4) is 0 Å². The van der Waals surface area contributed by atoms with E-state index >= 15 is 0 Å². The Kier molecular flexibility index (Phi) is 1.98. The van der Waals surface area contributed by atoms with Crippen molar-refractivity contribution in [2.75, 3.05) is 13.2 Å². The van der Waals surface area contributed by atoms with Crippen LogP contribution >= 0.6 is 0 Å². The van der Waals surface area contributed by atoms with Crippen molar-refractivity contribution in [3.63, 3.8) is 0 Å². The molecule has 2 rings (SSSR count). The maximum Gasteiger partial charge on any atom is 0.351 e. The van der Waals surface area contributed by atoms with Gasteiger partial charge in [-0.2, -0.15) is 0 Å². The van der Waals surface area contributed by atoms with Crippen LogP contribution in [0.25, 0.3) is 0 Å². The third kappa shape index (κ3) is 1.42. The fourth-order valence-corrected chi connectivity index (χ4v) is 1.55. The van der Waals surface area contributed by atoms with Gasteiger partial charge in [0.25, 0.3) is 0 Å². The maximum absolute atomic E-state index is 11.0. The van der Waals surface area contributed by atoms with E-state index in [1.165, 1.54) is 0 Å². The summed E-state index contributed by atoms with van der Waals surface area (Å²) in [6.07, 6.45) is 2.98. The average Bonchev–Trinajstić information content (AvgIpc) is 2.65. The second-order valence-corrected chi connectivity index (χ2v) is 3.16. The average molecular weight is 169 g/mol. The molecule has 0 bridgehead atoms. The lowest BCUT2D eigenvalue weighted by atomic mass is 10.2. The van der Waals surface area contributed by atoms with E-state index in [4.69, 9.17) is 4.74 Å². The molecule has 66 valence electrons. The Morgan fingerprint density at radius 3 is 3.08 bits per heavy atom. The highest BCUT2D eigenvalue weighted by Crippen LogP contribution is 2.05.